The quantitative estimate of drug-likeness (QED) is 0.631. The van der Waals surface area contributed by atoms with Crippen LogP contribution in [0.4, 0.5) is 0 Å². The van der Waals surface area contributed by atoms with Crippen molar-refractivity contribution < 1.29 is 14.6 Å². The molecular weight excluding hydrogens is 158 g/mol. The van der Waals surface area contributed by atoms with Gasteiger partial charge in [0, 0.05) is 19.8 Å². The zero-order valence-corrected chi connectivity index (χ0v) is 7.03. The highest BCUT2D eigenvalue weighted by molar-refractivity contribution is 5.70. The van der Waals surface area contributed by atoms with E-state index in [0.29, 0.717) is 18.9 Å². The van der Waals surface area contributed by atoms with Crippen molar-refractivity contribution in [3.63, 3.8) is 0 Å². The standard InChI is InChI=1S/C8H15NO3/c9-4-7(8(10)11)3-6-1-2-12-5-6/h6-7H,1-5,9H2,(H,10,11). The van der Waals surface area contributed by atoms with Crippen molar-refractivity contribution in [3.05, 3.63) is 0 Å². The van der Waals surface area contributed by atoms with Crippen LogP contribution in [0.3, 0.4) is 0 Å². The second kappa shape index (κ2) is 4.42. The maximum absolute atomic E-state index is 10.6. The first-order valence-electron chi connectivity index (χ1n) is 4.24. The van der Waals surface area contributed by atoms with E-state index in [1.165, 1.54) is 0 Å². The molecule has 0 spiro atoms. The Bertz CT molecular complexity index is 154. The fourth-order valence-corrected chi connectivity index (χ4v) is 1.47. The summed E-state index contributed by atoms with van der Waals surface area (Å²) in [6.45, 7) is 1.69. The van der Waals surface area contributed by atoms with E-state index in [0.717, 1.165) is 13.0 Å². The van der Waals surface area contributed by atoms with Crippen molar-refractivity contribution in [2.45, 2.75) is 12.8 Å². The number of hydrogen-bond donors (Lipinski definition) is 2. The third kappa shape index (κ3) is 2.46. The van der Waals surface area contributed by atoms with Crippen molar-refractivity contribution in [3.8, 4) is 0 Å². The van der Waals surface area contributed by atoms with Gasteiger partial charge >= 0.3 is 5.97 Å². The summed E-state index contributed by atoms with van der Waals surface area (Å²) in [6, 6.07) is 0. The van der Waals surface area contributed by atoms with Crippen molar-refractivity contribution in [2.24, 2.45) is 17.6 Å². The molecule has 0 amide bonds. The summed E-state index contributed by atoms with van der Waals surface area (Å²) in [5.41, 5.74) is 5.33. The molecule has 1 rings (SSSR count). The predicted molar refractivity (Wildman–Crippen MR) is 43.7 cm³/mol. The number of hydrogen-bond acceptors (Lipinski definition) is 3. The molecule has 4 nitrogen and oxygen atoms in total. The van der Waals surface area contributed by atoms with Crippen LogP contribution in [0.5, 0.6) is 0 Å². The van der Waals surface area contributed by atoms with Gasteiger partial charge < -0.3 is 15.6 Å². The molecule has 1 aliphatic rings. The van der Waals surface area contributed by atoms with Gasteiger partial charge in [-0.25, -0.2) is 0 Å². The van der Waals surface area contributed by atoms with Crippen LogP contribution in [0.2, 0.25) is 0 Å². The Hall–Kier alpha value is -0.610. The van der Waals surface area contributed by atoms with Crippen LogP contribution in [0.15, 0.2) is 0 Å². The Morgan fingerprint density at radius 1 is 1.75 bits per heavy atom. The average molecular weight is 173 g/mol. The van der Waals surface area contributed by atoms with E-state index in [4.69, 9.17) is 15.6 Å². The minimum absolute atomic E-state index is 0.228. The van der Waals surface area contributed by atoms with Gasteiger partial charge in [-0.15, -0.1) is 0 Å². The number of rotatable bonds is 4. The van der Waals surface area contributed by atoms with Gasteiger partial charge in [-0.1, -0.05) is 0 Å². The molecule has 0 aromatic heterocycles. The molecule has 3 N–H and O–H groups in total. The molecule has 1 aliphatic heterocycles. The summed E-state index contributed by atoms with van der Waals surface area (Å²) in [7, 11) is 0. The molecule has 1 heterocycles. The van der Waals surface area contributed by atoms with Gasteiger partial charge in [0.25, 0.3) is 0 Å². The molecule has 0 aliphatic carbocycles. The molecule has 1 saturated heterocycles. The predicted octanol–water partition coefficient (Wildman–Crippen LogP) is 0.0725. The van der Waals surface area contributed by atoms with Crippen LogP contribution in [0.25, 0.3) is 0 Å². The smallest absolute Gasteiger partial charge is 0.307 e. The molecule has 2 atom stereocenters. The summed E-state index contributed by atoms with van der Waals surface area (Å²) in [4.78, 5) is 10.6. The van der Waals surface area contributed by atoms with Gasteiger partial charge in [0.1, 0.15) is 0 Å². The minimum Gasteiger partial charge on any atom is -0.481 e. The summed E-state index contributed by atoms with van der Waals surface area (Å²) in [5.74, 6) is -0.782. The van der Waals surface area contributed by atoms with Crippen molar-refractivity contribution in [1.29, 1.82) is 0 Å². The topological polar surface area (TPSA) is 72.5 Å². The number of carbonyl (C=O) groups is 1. The lowest BCUT2D eigenvalue weighted by atomic mass is 9.94. The van der Waals surface area contributed by atoms with Crippen molar-refractivity contribution in [1.82, 2.24) is 0 Å². The van der Waals surface area contributed by atoms with Gasteiger partial charge in [-0.2, -0.15) is 0 Å². The Morgan fingerprint density at radius 3 is 2.92 bits per heavy atom. The Morgan fingerprint density at radius 2 is 2.50 bits per heavy atom. The van der Waals surface area contributed by atoms with Crippen LogP contribution in [0.1, 0.15) is 12.8 Å². The molecule has 2 unspecified atom stereocenters. The van der Waals surface area contributed by atoms with Crippen LogP contribution in [-0.4, -0.2) is 30.8 Å². The van der Waals surface area contributed by atoms with Crippen molar-refractivity contribution >= 4 is 5.97 Å². The van der Waals surface area contributed by atoms with E-state index in [-0.39, 0.29) is 6.54 Å². The molecule has 4 heteroatoms. The molecule has 1 fully saturated rings. The van der Waals surface area contributed by atoms with Gasteiger partial charge in [-0.3, -0.25) is 4.79 Å². The first-order valence-corrected chi connectivity index (χ1v) is 4.24. The lowest BCUT2D eigenvalue weighted by Gasteiger charge is -2.12. The molecule has 12 heavy (non-hydrogen) atoms. The first-order chi connectivity index (χ1) is 5.74. The molecule has 0 radical (unpaired) electrons. The molecular formula is C8H15NO3. The zero-order valence-electron chi connectivity index (χ0n) is 7.03. The maximum Gasteiger partial charge on any atom is 0.307 e. The van der Waals surface area contributed by atoms with Gasteiger partial charge in [0.05, 0.1) is 5.92 Å². The van der Waals surface area contributed by atoms with E-state index in [9.17, 15) is 4.79 Å². The number of carboxylic acid groups (broad SMARTS) is 1. The van der Waals surface area contributed by atoms with Gasteiger partial charge in [0.15, 0.2) is 0 Å². The summed E-state index contributed by atoms with van der Waals surface area (Å²) < 4.78 is 5.15. The highest BCUT2D eigenvalue weighted by Crippen LogP contribution is 2.20. The fourth-order valence-electron chi connectivity index (χ4n) is 1.47. The second-order valence-corrected chi connectivity index (χ2v) is 3.24. The third-order valence-electron chi connectivity index (χ3n) is 2.28. The molecule has 0 aromatic rings. The van der Waals surface area contributed by atoms with Crippen molar-refractivity contribution in [2.75, 3.05) is 19.8 Å². The minimum atomic E-state index is -0.788. The molecule has 0 aromatic carbocycles. The number of aliphatic carboxylic acids is 1. The van der Waals surface area contributed by atoms with E-state index < -0.39 is 11.9 Å². The molecule has 70 valence electrons. The number of nitrogens with two attached hydrogens (primary N) is 1. The second-order valence-electron chi connectivity index (χ2n) is 3.24. The Kier molecular flexibility index (Phi) is 3.49. The normalized spacial score (nSPS) is 25.6. The third-order valence-corrected chi connectivity index (χ3v) is 2.28. The largest absolute Gasteiger partial charge is 0.481 e. The SMILES string of the molecule is NCC(CC1CCOC1)C(=O)O. The number of carboxylic acids is 1. The summed E-state index contributed by atoms with van der Waals surface area (Å²) >= 11 is 0. The summed E-state index contributed by atoms with van der Waals surface area (Å²) in [5, 5.41) is 8.71. The summed E-state index contributed by atoms with van der Waals surface area (Å²) in [6.07, 6.45) is 1.63. The highest BCUT2D eigenvalue weighted by Gasteiger charge is 2.23. The van der Waals surface area contributed by atoms with Crippen LogP contribution < -0.4 is 5.73 Å². The molecule has 0 saturated carbocycles. The van der Waals surface area contributed by atoms with Crippen LogP contribution >= 0.6 is 0 Å². The van der Waals surface area contributed by atoms with Crippen LogP contribution in [-0.2, 0) is 9.53 Å². The monoisotopic (exact) mass is 173 g/mol. The van der Waals surface area contributed by atoms with E-state index in [2.05, 4.69) is 0 Å². The lowest BCUT2D eigenvalue weighted by molar-refractivity contribution is -0.141. The number of ether oxygens (including phenoxy) is 1. The Balaban J connectivity index is 2.30. The van der Waals surface area contributed by atoms with E-state index in [1.54, 1.807) is 0 Å². The average Bonchev–Trinajstić information content (AvgIpc) is 2.51. The zero-order chi connectivity index (χ0) is 8.97. The highest BCUT2D eigenvalue weighted by atomic mass is 16.5. The van der Waals surface area contributed by atoms with Crippen LogP contribution in [0, 0.1) is 11.8 Å². The van der Waals surface area contributed by atoms with E-state index in [1.807, 2.05) is 0 Å². The maximum atomic E-state index is 10.6. The fraction of sp³-hybridized carbons (Fsp3) is 0.875. The Labute approximate surface area is 71.7 Å². The van der Waals surface area contributed by atoms with Gasteiger partial charge in [-0.05, 0) is 18.8 Å². The molecule has 0 bridgehead atoms. The first kappa shape index (κ1) is 9.48. The van der Waals surface area contributed by atoms with Gasteiger partial charge in [0.2, 0.25) is 0 Å². The van der Waals surface area contributed by atoms with E-state index >= 15 is 0 Å². The lowest BCUT2D eigenvalue weighted by Crippen LogP contribution is -2.25.